The number of ether oxygens (including phenoxy) is 1. The molecule has 3 rings (SSSR count). The molecule has 0 bridgehead atoms. The number of anilines is 1. The molecule has 2 aromatic rings. The number of nitrogens with one attached hydrogen (secondary N) is 1. The number of hydrogen-bond acceptors (Lipinski definition) is 4. The van der Waals surface area contributed by atoms with E-state index in [1.165, 1.54) is 12.1 Å². The van der Waals surface area contributed by atoms with Gasteiger partial charge in [0.25, 0.3) is 0 Å². The molecular formula is C18H19NO4S. The molecule has 0 unspecified atom stereocenters. The Morgan fingerprint density at radius 3 is 2.00 bits per heavy atom. The minimum absolute atomic E-state index is 0.0625. The average Bonchev–Trinajstić information content (AvgIpc) is 3.26. The maximum atomic E-state index is 11.9. The van der Waals surface area contributed by atoms with Crippen molar-refractivity contribution in [3.8, 4) is 11.5 Å². The first kappa shape index (κ1) is 16.5. The van der Waals surface area contributed by atoms with Gasteiger partial charge in [0.15, 0.2) is 9.84 Å². The van der Waals surface area contributed by atoms with E-state index in [1.54, 1.807) is 36.4 Å². The molecule has 0 heterocycles. The Morgan fingerprint density at radius 2 is 1.54 bits per heavy atom. The molecular weight excluding hydrogens is 326 g/mol. The van der Waals surface area contributed by atoms with E-state index in [-0.39, 0.29) is 16.7 Å². The summed E-state index contributed by atoms with van der Waals surface area (Å²) in [5, 5.41) is 2.89. The number of carbonyl (C=O) groups excluding carboxylic acids is 1. The molecule has 126 valence electrons. The third-order valence-corrected chi connectivity index (χ3v) is 5.18. The number of sulfone groups is 1. The van der Waals surface area contributed by atoms with Crippen LogP contribution in [-0.4, -0.2) is 20.6 Å². The summed E-state index contributed by atoms with van der Waals surface area (Å²) >= 11 is 0. The number of rotatable bonds is 5. The van der Waals surface area contributed by atoms with Crippen LogP contribution in [0.2, 0.25) is 0 Å². The Kier molecular flexibility index (Phi) is 4.32. The summed E-state index contributed by atoms with van der Waals surface area (Å²) in [5.74, 6) is 1.83. The largest absolute Gasteiger partial charge is 0.457 e. The van der Waals surface area contributed by atoms with Gasteiger partial charge in [0, 0.05) is 17.9 Å². The summed E-state index contributed by atoms with van der Waals surface area (Å²) in [6.07, 6.45) is 2.12. The van der Waals surface area contributed by atoms with Crippen molar-refractivity contribution in [3.05, 3.63) is 48.5 Å². The molecule has 1 aliphatic rings. The van der Waals surface area contributed by atoms with Gasteiger partial charge in [0.05, 0.1) is 4.90 Å². The molecule has 1 fully saturated rings. The Hall–Kier alpha value is -2.34. The Labute approximate surface area is 141 Å². The van der Waals surface area contributed by atoms with Crippen LogP contribution in [-0.2, 0) is 14.6 Å². The van der Waals surface area contributed by atoms with Crippen LogP contribution in [0.1, 0.15) is 13.3 Å². The highest BCUT2D eigenvalue weighted by molar-refractivity contribution is 7.90. The molecule has 1 amide bonds. The monoisotopic (exact) mass is 345 g/mol. The zero-order valence-corrected chi connectivity index (χ0v) is 14.3. The van der Waals surface area contributed by atoms with E-state index in [9.17, 15) is 13.2 Å². The zero-order valence-electron chi connectivity index (χ0n) is 13.5. The highest BCUT2D eigenvalue weighted by Crippen LogP contribution is 2.38. The maximum absolute atomic E-state index is 11.9. The smallest absolute Gasteiger partial charge is 0.227 e. The van der Waals surface area contributed by atoms with Gasteiger partial charge in [-0.3, -0.25) is 4.79 Å². The van der Waals surface area contributed by atoms with Crippen molar-refractivity contribution in [3.63, 3.8) is 0 Å². The summed E-state index contributed by atoms with van der Waals surface area (Å²) in [7, 11) is -3.21. The molecule has 2 aromatic carbocycles. The second-order valence-corrected chi connectivity index (χ2v) is 8.19. The quantitative estimate of drug-likeness (QED) is 0.900. The van der Waals surface area contributed by atoms with Gasteiger partial charge in [-0.15, -0.1) is 0 Å². The van der Waals surface area contributed by atoms with Gasteiger partial charge in [-0.25, -0.2) is 8.42 Å². The van der Waals surface area contributed by atoms with Crippen LogP contribution in [0.25, 0.3) is 0 Å². The van der Waals surface area contributed by atoms with Gasteiger partial charge in [-0.1, -0.05) is 6.92 Å². The fourth-order valence-corrected chi connectivity index (χ4v) is 3.05. The number of benzene rings is 2. The van der Waals surface area contributed by atoms with Gasteiger partial charge >= 0.3 is 0 Å². The first-order valence-corrected chi connectivity index (χ1v) is 9.61. The first-order valence-electron chi connectivity index (χ1n) is 7.72. The fraction of sp³-hybridized carbons (Fsp3) is 0.278. The Bertz CT molecular complexity index is 842. The molecule has 2 atom stereocenters. The SMILES string of the molecule is C[C@@H]1C[C@@H]1C(=O)Nc1ccc(Oc2ccc(S(C)(=O)=O)cc2)cc1. The molecule has 0 aliphatic heterocycles. The lowest BCUT2D eigenvalue weighted by molar-refractivity contribution is -0.117. The van der Waals surface area contributed by atoms with E-state index in [0.29, 0.717) is 17.4 Å². The van der Waals surface area contributed by atoms with E-state index in [0.717, 1.165) is 18.4 Å². The second kappa shape index (κ2) is 6.28. The van der Waals surface area contributed by atoms with Crippen LogP contribution in [0, 0.1) is 11.8 Å². The number of amides is 1. The lowest BCUT2D eigenvalue weighted by atomic mass is 10.2. The van der Waals surface area contributed by atoms with Crippen LogP contribution in [0.5, 0.6) is 11.5 Å². The van der Waals surface area contributed by atoms with Crippen LogP contribution < -0.4 is 10.1 Å². The van der Waals surface area contributed by atoms with Crippen molar-refractivity contribution in [1.82, 2.24) is 0 Å². The van der Waals surface area contributed by atoms with Crippen LogP contribution in [0.15, 0.2) is 53.4 Å². The third kappa shape index (κ3) is 3.94. The average molecular weight is 345 g/mol. The van der Waals surface area contributed by atoms with Gasteiger partial charge in [-0.05, 0) is 60.9 Å². The maximum Gasteiger partial charge on any atom is 0.227 e. The lowest BCUT2D eigenvalue weighted by Gasteiger charge is -2.08. The van der Waals surface area contributed by atoms with Gasteiger partial charge < -0.3 is 10.1 Å². The molecule has 5 nitrogen and oxygen atoms in total. The Morgan fingerprint density at radius 1 is 1.04 bits per heavy atom. The lowest BCUT2D eigenvalue weighted by Crippen LogP contribution is -2.14. The molecule has 1 aliphatic carbocycles. The van der Waals surface area contributed by atoms with Gasteiger partial charge in [0.2, 0.25) is 5.91 Å². The summed E-state index contributed by atoms with van der Waals surface area (Å²) < 4.78 is 28.5. The van der Waals surface area contributed by atoms with E-state index >= 15 is 0 Å². The van der Waals surface area contributed by atoms with Crippen molar-refractivity contribution >= 4 is 21.4 Å². The van der Waals surface area contributed by atoms with E-state index < -0.39 is 9.84 Å². The van der Waals surface area contributed by atoms with Gasteiger partial charge in [-0.2, -0.15) is 0 Å². The summed E-state index contributed by atoms with van der Waals surface area (Å²) in [5.41, 5.74) is 0.735. The first-order chi connectivity index (χ1) is 11.3. The second-order valence-electron chi connectivity index (χ2n) is 6.18. The van der Waals surface area contributed by atoms with Crippen molar-refractivity contribution < 1.29 is 17.9 Å². The van der Waals surface area contributed by atoms with E-state index in [2.05, 4.69) is 12.2 Å². The molecule has 0 radical (unpaired) electrons. The van der Waals surface area contributed by atoms with Crippen LogP contribution in [0.3, 0.4) is 0 Å². The zero-order chi connectivity index (χ0) is 17.3. The fourth-order valence-electron chi connectivity index (χ4n) is 2.42. The van der Waals surface area contributed by atoms with Crippen molar-refractivity contribution in [2.75, 3.05) is 11.6 Å². The normalized spacial score (nSPS) is 19.6. The standard InChI is InChI=1S/C18H19NO4S/c1-12-11-17(12)18(20)19-13-3-5-14(6-4-13)23-15-7-9-16(10-8-15)24(2,21)22/h3-10,12,17H,11H2,1-2H3,(H,19,20)/t12-,17+/m1/s1. The molecule has 24 heavy (non-hydrogen) atoms. The molecule has 0 aromatic heterocycles. The van der Waals surface area contributed by atoms with Crippen LogP contribution in [0.4, 0.5) is 5.69 Å². The molecule has 1 N–H and O–H groups in total. The highest BCUT2D eigenvalue weighted by Gasteiger charge is 2.38. The molecule has 1 saturated carbocycles. The van der Waals surface area contributed by atoms with Crippen molar-refractivity contribution in [2.45, 2.75) is 18.2 Å². The van der Waals surface area contributed by atoms with Crippen molar-refractivity contribution in [1.29, 1.82) is 0 Å². The predicted molar refractivity (Wildman–Crippen MR) is 92.0 cm³/mol. The number of carbonyl (C=O) groups is 1. The third-order valence-electron chi connectivity index (χ3n) is 4.06. The topological polar surface area (TPSA) is 72.5 Å². The Balaban J connectivity index is 1.62. The van der Waals surface area contributed by atoms with E-state index in [1.807, 2.05) is 0 Å². The minimum atomic E-state index is -3.21. The highest BCUT2D eigenvalue weighted by atomic mass is 32.2. The predicted octanol–water partition coefficient (Wildman–Crippen LogP) is 3.48. The van der Waals surface area contributed by atoms with Crippen molar-refractivity contribution in [2.24, 2.45) is 11.8 Å². The van der Waals surface area contributed by atoms with Crippen LogP contribution >= 0.6 is 0 Å². The summed E-state index contributed by atoms with van der Waals surface area (Å²) in [4.78, 5) is 12.1. The summed E-state index contributed by atoms with van der Waals surface area (Å²) in [6.45, 7) is 2.07. The minimum Gasteiger partial charge on any atom is -0.457 e. The molecule has 6 heteroatoms. The van der Waals surface area contributed by atoms with Gasteiger partial charge in [0.1, 0.15) is 11.5 Å². The molecule has 0 saturated heterocycles. The molecule has 0 spiro atoms. The van der Waals surface area contributed by atoms with E-state index in [4.69, 9.17) is 4.74 Å². The summed E-state index contributed by atoms with van der Waals surface area (Å²) in [6, 6.07) is 13.3. The number of hydrogen-bond donors (Lipinski definition) is 1.